The number of nitrogens with two attached hydrogens (primary N) is 1. The molecule has 0 spiro atoms. The van der Waals surface area contributed by atoms with Gasteiger partial charge in [-0.2, -0.15) is 0 Å². The lowest BCUT2D eigenvalue weighted by Crippen LogP contribution is -2.42. The van der Waals surface area contributed by atoms with Gasteiger partial charge in [0.25, 0.3) is 0 Å². The second kappa shape index (κ2) is 6.93. The molecule has 0 saturated carbocycles. The van der Waals surface area contributed by atoms with E-state index in [0.29, 0.717) is 11.3 Å². The van der Waals surface area contributed by atoms with Crippen molar-refractivity contribution in [3.05, 3.63) is 29.8 Å². The van der Waals surface area contributed by atoms with Gasteiger partial charge in [-0.15, -0.1) is 0 Å². The fraction of sp³-hybridized carbons (Fsp3) is 0.400. The molecule has 120 valence electrons. The van der Waals surface area contributed by atoms with Gasteiger partial charge in [-0.25, -0.2) is 9.59 Å². The summed E-state index contributed by atoms with van der Waals surface area (Å²) < 4.78 is 9.79. The first kappa shape index (κ1) is 17.5. The van der Waals surface area contributed by atoms with Crippen LogP contribution in [0.3, 0.4) is 0 Å². The molecule has 0 saturated heterocycles. The van der Waals surface area contributed by atoms with Crippen LogP contribution in [0.2, 0.25) is 0 Å². The van der Waals surface area contributed by atoms with Crippen LogP contribution >= 0.6 is 0 Å². The van der Waals surface area contributed by atoms with E-state index >= 15 is 0 Å². The summed E-state index contributed by atoms with van der Waals surface area (Å²) in [6, 6.07) is 4.71. The molecule has 0 bridgehead atoms. The number of esters is 2. The molecule has 1 amide bonds. The van der Waals surface area contributed by atoms with Crippen LogP contribution in [0.25, 0.3) is 0 Å². The number of hydrogen-bond donors (Lipinski definition) is 2. The average Bonchev–Trinajstić information content (AvgIpc) is 2.42. The Hall–Kier alpha value is -2.57. The first-order valence-corrected chi connectivity index (χ1v) is 6.61. The molecule has 7 nitrogen and oxygen atoms in total. The van der Waals surface area contributed by atoms with Crippen LogP contribution in [0.1, 0.15) is 31.1 Å². The number of anilines is 1. The van der Waals surface area contributed by atoms with Gasteiger partial charge in [-0.3, -0.25) is 4.79 Å². The SMILES string of the molecule is COC(=O)[C@@H](Nc1ccc(C(N)=O)cc1)C(=O)OC(C)(C)C. The summed E-state index contributed by atoms with van der Waals surface area (Å²) >= 11 is 0. The molecule has 0 aliphatic carbocycles. The van der Waals surface area contributed by atoms with Crippen LogP contribution in [0.4, 0.5) is 5.69 Å². The molecule has 7 heteroatoms. The van der Waals surface area contributed by atoms with Gasteiger partial charge in [0.15, 0.2) is 0 Å². The molecule has 1 aromatic rings. The van der Waals surface area contributed by atoms with Crippen LogP contribution in [-0.4, -0.2) is 36.6 Å². The number of nitrogens with one attached hydrogen (secondary N) is 1. The molecule has 0 unspecified atom stereocenters. The number of carbonyl (C=O) groups is 3. The van der Waals surface area contributed by atoms with Gasteiger partial charge in [0.05, 0.1) is 7.11 Å². The predicted molar refractivity (Wildman–Crippen MR) is 80.2 cm³/mol. The summed E-state index contributed by atoms with van der Waals surface area (Å²) in [5, 5.41) is 2.72. The van der Waals surface area contributed by atoms with Gasteiger partial charge in [-0.1, -0.05) is 0 Å². The number of benzene rings is 1. The number of rotatable bonds is 5. The van der Waals surface area contributed by atoms with Gasteiger partial charge >= 0.3 is 11.9 Å². The molecule has 0 aromatic heterocycles. The Balaban J connectivity index is 2.92. The van der Waals surface area contributed by atoms with Gasteiger partial charge in [0.2, 0.25) is 11.9 Å². The lowest BCUT2D eigenvalue weighted by Gasteiger charge is -2.23. The van der Waals surface area contributed by atoms with Crippen LogP contribution < -0.4 is 11.1 Å². The Morgan fingerprint density at radius 3 is 2.05 bits per heavy atom. The zero-order chi connectivity index (χ0) is 16.9. The first-order valence-electron chi connectivity index (χ1n) is 6.61. The van der Waals surface area contributed by atoms with Gasteiger partial charge < -0.3 is 20.5 Å². The Morgan fingerprint density at radius 1 is 1.09 bits per heavy atom. The summed E-state index contributed by atoms with van der Waals surface area (Å²) in [4.78, 5) is 34.8. The van der Waals surface area contributed by atoms with E-state index in [1.807, 2.05) is 0 Å². The molecule has 1 aromatic carbocycles. The smallest absolute Gasteiger partial charge is 0.340 e. The second-order valence-electron chi connectivity index (χ2n) is 5.58. The largest absolute Gasteiger partial charge is 0.467 e. The number of hydrogen-bond acceptors (Lipinski definition) is 6. The minimum atomic E-state index is -1.30. The maximum absolute atomic E-state index is 12.1. The third-order valence-corrected chi connectivity index (χ3v) is 2.56. The van der Waals surface area contributed by atoms with Crippen LogP contribution in [-0.2, 0) is 19.1 Å². The quantitative estimate of drug-likeness (QED) is 0.622. The monoisotopic (exact) mass is 308 g/mol. The summed E-state index contributed by atoms with van der Waals surface area (Å²) in [7, 11) is 1.18. The Morgan fingerprint density at radius 2 is 1.64 bits per heavy atom. The highest BCUT2D eigenvalue weighted by Crippen LogP contribution is 2.14. The first-order chi connectivity index (χ1) is 10.1. The number of amides is 1. The van der Waals surface area contributed by atoms with E-state index in [9.17, 15) is 14.4 Å². The van der Waals surface area contributed by atoms with Gasteiger partial charge in [0.1, 0.15) is 5.60 Å². The van der Waals surface area contributed by atoms with Crippen molar-refractivity contribution in [3.8, 4) is 0 Å². The van der Waals surface area contributed by atoms with Crippen molar-refractivity contribution in [1.82, 2.24) is 0 Å². The maximum Gasteiger partial charge on any atom is 0.340 e. The number of primary amides is 1. The molecular formula is C15H20N2O5. The van der Waals surface area contributed by atoms with Gasteiger partial charge in [0, 0.05) is 11.3 Å². The summed E-state index contributed by atoms with van der Waals surface area (Å²) in [6.07, 6.45) is 0. The normalized spacial score (nSPS) is 12.2. The third kappa shape index (κ3) is 5.08. The number of carbonyl (C=O) groups excluding carboxylic acids is 3. The van der Waals surface area contributed by atoms with E-state index in [0.717, 1.165) is 0 Å². The lowest BCUT2D eigenvalue weighted by atomic mass is 10.1. The molecule has 1 rings (SSSR count). The Labute approximate surface area is 128 Å². The molecule has 0 radical (unpaired) electrons. The fourth-order valence-electron chi connectivity index (χ4n) is 1.59. The molecule has 0 fully saturated rings. The van der Waals surface area contributed by atoms with Crippen molar-refractivity contribution < 1.29 is 23.9 Å². The van der Waals surface area contributed by atoms with Crippen molar-refractivity contribution in [1.29, 1.82) is 0 Å². The second-order valence-corrected chi connectivity index (χ2v) is 5.58. The molecule has 0 aliphatic rings. The standard InChI is InChI=1S/C15H20N2O5/c1-15(2,3)22-14(20)11(13(19)21-4)17-10-7-5-9(6-8-10)12(16)18/h5-8,11,17H,1-4H3,(H2,16,18)/t11-/m1/s1. The minimum absolute atomic E-state index is 0.317. The van der Waals surface area contributed by atoms with Crippen LogP contribution in [0.15, 0.2) is 24.3 Å². The zero-order valence-corrected chi connectivity index (χ0v) is 13.0. The molecule has 1 atom stereocenters. The Bertz CT molecular complexity index is 560. The van der Waals surface area contributed by atoms with Crippen LogP contribution in [0, 0.1) is 0 Å². The lowest BCUT2D eigenvalue weighted by molar-refractivity contribution is -0.162. The van der Waals surface area contributed by atoms with Crippen molar-refractivity contribution in [2.24, 2.45) is 5.73 Å². The number of methoxy groups -OCH3 is 1. The maximum atomic E-state index is 12.1. The summed E-state index contributed by atoms with van der Waals surface area (Å²) in [5.74, 6) is -2.09. The zero-order valence-electron chi connectivity index (χ0n) is 13.0. The van der Waals surface area contributed by atoms with Crippen molar-refractivity contribution >= 4 is 23.5 Å². The van der Waals surface area contributed by atoms with E-state index in [1.165, 1.54) is 31.4 Å². The Kier molecular flexibility index (Phi) is 5.50. The minimum Gasteiger partial charge on any atom is -0.467 e. The van der Waals surface area contributed by atoms with E-state index in [4.69, 9.17) is 10.5 Å². The summed E-state index contributed by atoms with van der Waals surface area (Å²) in [5.41, 5.74) is 5.18. The fourth-order valence-corrected chi connectivity index (χ4v) is 1.59. The van der Waals surface area contributed by atoms with Crippen molar-refractivity contribution in [3.63, 3.8) is 0 Å². The molecule has 0 aliphatic heterocycles. The van der Waals surface area contributed by atoms with E-state index in [-0.39, 0.29) is 0 Å². The molecular weight excluding hydrogens is 288 g/mol. The number of ether oxygens (including phenoxy) is 2. The highest BCUT2D eigenvalue weighted by Gasteiger charge is 2.32. The van der Waals surface area contributed by atoms with Crippen LogP contribution in [0.5, 0.6) is 0 Å². The highest BCUT2D eigenvalue weighted by molar-refractivity contribution is 6.02. The average molecular weight is 308 g/mol. The topological polar surface area (TPSA) is 108 Å². The van der Waals surface area contributed by atoms with E-state index in [2.05, 4.69) is 10.1 Å². The van der Waals surface area contributed by atoms with Gasteiger partial charge in [-0.05, 0) is 45.0 Å². The molecule has 3 N–H and O–H groups in total. The molecule has 22 heavy (non-hydrogen) atoms. The van der Waals surface area contributed by atoms with Crippen molar-refractivity contribution in [2.75, 3.05) is 12.4 Å². The predicted octanol–water partition coefficient (Wildman–Crippen LogP) is 1.08. The summed E-state index contributed by atoms with van der Waals surface area (Å²) in [6.45, 7) is 5.09. The highest BCUT2D eigenvalue weighted by atomic mass is 16.6. The van der Waals surface area contributed by atoms with Crippen molar-refractivity contribution in [2.45, 2.75) is 32.4 Å². The third-order valence-electron chi connectivity index (χ3n) is 2.56. The van der Waals surface area contributed by atoms with E-state index < -0.39 is 29.5 Å². The van der Waals surface area contributed by atoms with E-state index in [1.54, 1.807) is 20.8 Å². The molecule has 0 heterocycles.